The lowest BCUT2D eigenvalue weighted by atomic mass is 10.0. The van der Waals surface area contributed by atoms with Crippen LogP contribution in [0.25, 0.3) is 11.1 Å². The van der Waals surface area contributed by atoms with Gasteiger partial charge in [0.25, 0.3) is 11.9 Å². The number of fused-ring (bicyclic) bond motifs is 1. The lowest BCUT2D eigenvalue weighted by Gasteiger charge is -2.32. The maximum absolute atomic E-state index is 12.9. The second-order valence-corrected chi connectivity index (χ2v) is 9.45. The first-order valence-electron chi connectivity index (χ1n) is 13.1. The highest BCUT2D eigenvalue weighted by Crippen LogP contribution is 2.29. The molecule has 2 N–H and O–H groups in total. The highest BCUT2D eigenvalue weighted by atomic mass is 16.5. The Morgan fingerprint density at radius 3 is 2.61 bits per heavy atom. The van der Waals surface area contributed by atoms with Gasteiger partial charge in [0.1, 0.15) is 5.52 Å². The van der Waals surface area contributed by atoms with E-state index in [9.17, 15) is 4.79 Å². The second kappa shape index (κ2) is 12.0. The summed E-state index contributed by atoms with van der Waals surface area (Å²) in [6, 6.07) is 22.2. The molecule has 0 spiro atoms. The van der Waals surface area contributed by atoms with E-state index in [0.29, 0.717) is 35.8 Å². The van der Waals surface area contributed by atoms with Crippen LogP contribution in [0.15, 0.2) is 71.1 Å². The van der Waals surface area contributed by atoms with Crippen LogP contribution in [-0.2, 0) is 13.1 Å². The Balaban J connectivity index is 1.17. The topological polar surface area (TPSA) is 88.9 Å². The van der Waals surface area contributed by atoms with E-state index >= 15 is 0 Å². The molecule has 8 nitrogen and oxygen atoms in total. The van der Waals surface area contributed by atoms with Crippen molar-refractivity contribution in [2.75, 3.05) is 32.1 Å². The Hall–Kier alpha value is -4.04. The third-order valence-corrected chi connectivity index (χ3v) is 6.80. The Morgan fingerprint density at radius 2 is 1.84 bits per heavy atom. The van der Waals surface area contributed by atoms with Crippen LogP contribution >= 0.6 is 0 Å². The second-order valence-electron chi connectivity index (χ2n) is 9.45. The molecule has 0 radical (unpaired) electrons. The number of methoxy groups -OCH3 is 1. The lowest BCUT2D eigenvalue weighted by molar-refractivity contribution is 0.0951. The third-order valence-electron chi connectivity index (χ3n) is 6.80. The zero-order chi connectivity index (χ0) is 26.3. The number of aromatic nitrogens is 1. The lowest BCUT2D eigenvalue weighted by Crippen LogP contribution is -2.38. The molecule has 0 aliphatic carbocycles. The van der Waals surface area contributed by atoms with Gasteiger partial charge in [-0.3, -0.25) is 9.69 Å². The quantitative estimate of drug-likeness (QED) is 0.299. The van der Waals surface area contributed by atoms with Crippen molar-refractivity contribution in [1.82, 2.24) is 15.2 Å². The Bertz CT molecular complexity index is 1360. The molecule has 1 amide bonds. The molecule has 1 aliphatic rings. The van der Waals surface area contributed by atoms with Crippen molar-refractivity contribution in [3.05, 3.63) is 83.4 Å². The van der Waals surface area contributed by atoms with Gasteiger partial charge in [-0.25, -0.2) is 0 Å². The molecule has 1 aliphatic heterocycles. The van der Waals surface area contributed by atoms with Gasteiger partial charge >= 0.3 is 0 Å². The molecular formula is C30H34N4O4. The maximum Gasteiger partial charge on any atom is 0.295 e. The molecule has 1 saturated heterocycles. The Morgan fingerprint density at radius 1 is 1.03 bits per heavy atom. The number of nitrogens with zero attached hydrogens (tertiary/aromatic N) is 2. The van der Waals surface area contributed by atoms with Crippen molar-refractivity contribution in [3.63, 3.8) is 0 Å². The van der Waals surface area contributed by atoms with E-state index < -0.39 is 0 Å². The van der Waals surface area contributed by atoms with E-state index in [2.05, 4.69) is 32.7 Å². The number of oxazole rings is 1. The number of piperidine rings is 1. The van der Waals surface area contributed by atoms with Crippen LogP contribution < -0.4 is 20.1 Å². The van der Waals surface area contributed by atoms with E-state index in [1.54, 1.807) is 13.2 Å². The summed E-state index contributed by atoms with van der Waals surface area (Å²) in [6.07, 6.45) is 1.94. The number of likely N-dealkylation sites (tertiary alicyclic amines) is 1. The van der Waals surface area contributed by atoms with Crippen LogP contribution in [-0.4, -0.2) is 48.6 Å². The summed E-state index contributed by atoms with van der Waals surface area (Å²) in [6.45, 7) is 5.81. The fourth-order valence-corrected chi connectivity index (χ4v) is 4.82. The van der Waals surface area contributed by atoms with Crippen molar-refractivity contribution < 1.29 is 18.7 Å². The fourth-order valence-electron chi connectivity index (χ4n) is 4.82. The molecule has 5 rings (SSSR count). The van der Waals surface area contributed by atoms with Gasteiger partial charge < -0.3 is 24.5 Å². The van der Waals surface area contributed by atoms with Crippen LogP contribution in [0.5, 0.6) is 11.5 Å². The summed E-state index contributed by atoms with van der Waals surface area (Å²) in [7, 11) is 1.66. The Labute approximate surface area is 222 Å². The summed E-state index contributed by atoms with van der Waals surface area (Å²) < 4.78 is 17.2. The normalized spacial score (nSPS) is 14.4. The van der Waals surface area contributed by atoms with Crippen LogP contribution in [0.4, 0.5) is 6.01 Å². The molecule has 38 heavy (non-hydrogen) atoms. The molecule has 0 atom stereocenters. The van der Waals surface area contributed by atoms with E-state index in [0.717, 1.165) is 49.5 Å². The van der Waals surface area contributed by atoms with Gasteiger partial charge in [-0.15, -0.1) is 0 Å². The zero-order valence-corrected chi connectivity index (χ0v) is 21.9. The number of para-hydroxylation sites is 1. The number of carbonyl (C=O) groups excluding carboxylic acids is 1. The molecule has 0 saturated carbocycles. The van der Waals surface area contributed by atoms with Gasteiger partial charge in [0.05, 0.1) is 19.3 Å². The number of benzene rings is 3. The summed E-state index contributed by atoms with van der Waals surface area (Å²) in [5, 5.41) is 6.42. The number of hydrogen-bond acceptors (Lipinski definition) is 7. The van der Waals surface area contributed by atoms with Gasteiger partial charge in [0, 0.05) is 32.2 Å². The highest BCUT2D eigenvalue weighted by molar-refractivity contribution is 6.04. The largest absolute Gasteiger partial charge is 0.493 e. The van der Waals surface area contributed by atoms with Gasteiger partial charge in [-0.2, -0.15) is 4.98 Å². The predicted octanol–water partition coefficient (Wildman–Crippen LogP) is 5.24. The number of rotatable bonds is 10. The van der Waals surface area contributed by atoms with Crippen molar-refractivity contribution in [2.24, 2.45) is 0 Å². The maximum atomic E-state index is 12.9. The minimum absolute atomic E-state index is 0.179. The molecule has 1 fully saturated rings. The smallest absolute Gasteiger partial charge is 0.295 e. The summed E-state index contributed by atoms with van der Waals surface area (Å²) in [5.74, 6) is 1.36. The average molecular weight is 515 g/mol. The Kier molecular flexibility index (Phi) is 8.09. The molecule has 198 valence electrons. The van der Waals surface area contributed by atoms with Crippen molar-refractivity contribution in [3.8, 4) is 11.5 Å². The molecule has 2 heterocycles. The van der Waals surface area contributed by atoms with Crippen molar-refractivity contribution in [2.45, 2.75) is 38.9 Å². The monoisotopic (exact) mass is 514 g/mol. The van der Waals surface area contributed by atoms with E-state index in [1.165, 1.54) is 5.56 Å². The highest BCUT2D eigenvalue weighted by Gasteiger charge is 2.22. The first kappa shape index (κ1) is 25.6. The van der Waals surface area contributed by atoms with Crippen LogP contribution in [0, 0.1) is 0 Å². The number of nitrogens with one attached hydrogen (secondary N) is 2. The van der Waals surface area contributed by atoms with E-state index in [-0.39, 0.29) is 11.9 Å². The van der Waals surface area contributed by atoms with Gasteiger partial charge in [-0.1, -0.05) is 42.5 Å². The van der Waals surface area contributed by atoms with E-state index in [4.69, 9.17) is 13.9 Å². The fraction of sp³-hybridized carbons (Fsp3) is 0.333. The van der Waals surface area contributed by atoms with Crippen LogP contribution in [0.1, 0.15) is 41.3 Å². The molecule has 0 unspecified atom stereocenters. The SMILES string of the molecule is CCOc1cc(CN2CCC(Nc3nc4cccc(C(=O)NCc5ccccc5)c4o3)CC2)ccc1OC. The van der Waals surface area contributed by atoms with E-state index in [1.807, 2.05) is 55.5 Å². The number of anilines is 1. The molecule has 4 aromatic rings. The van der Waals surface area contributed by atoms with Crippen molar-refractivity contribution >= 4 is 23.0 Å². The summed E-state index contributed by atoms with van der Waals surface area (Å²) >= 11 is 0. The van der Waals surface area contributed by atoms with Crippen LogP contribution in [0.3, 0.4) is 0 Å². The number of ether oxygens (including phenoxy) is 2. The van der Waals surface area contributed by atoms with Gasteiger partial charge in [-0.05, 0) is 55.2 Å². The minimum Gasteiger partial charge on any atom is -0.493 e. The third kappa shape index (κ3) is 6.08. The minimum atomic E-state index is -0.179. The van der Waals surface area contributed by atoms with Gasteiger partial charge in [0.2, 0.25) is 0 Å². The summed E-state index contributed by atoms with van der Waals surface area (Å²) in [4.78, 5) is 19.9. The van der Waals surface area contributed by atoms with Crippen molar-refractivity contribution in [1.29, 1.82) is 0 Å². The zero-order valence-electron chi connectivity index (χ0n) is 21.9. The first-order chi connectivity index (χ1) is 18.6. The predicted molar refractivity (Wildman–Crippen MR) is 148 cm³/mol. The van der Waals surface area contributed by atoms with Crippen LogP contribution in [0.2, 0.25) is 0 Å². The molecule has 3 aromatic carbocycles. The average Bonchev–Trinajstić information content (AvgIpc) is 3.36. The summed E-state index contributed by atoms with van der Waals surface area (Å²) in [5.41, 5.74) is 3.91. The molecule has 0 bridgehead atoms. The number of carbonyl (C=O) groups is 1. The molecular weight excluding hydrogens is 480 g/mol. The number of hydrogen-bond donors (Lipinski definition) is 2. The number of amides is 1. The molecule has 1 aromatic heterocycles. The van der Waals surface area contributed by atoms with Gasteiger partial charge in [0.15, 0.2) is 17.1 Å². The first-order valence-corrected chi connectivity index (χ1v) is 13.1. The standard InChI is InChI=1S/C30H34N4O4/c1-3-37-27-18-22(12-13-26(27)36-2)20-34-16-14-23(15-17-34)32-30-33-25-11-7-10-24(28(25)38-30)29(35)31-19-21-8-5-4-6-9-21/h4-13,18,23H,3,14-17,19-20H2,1-2H3,(H,31,35)(H,32,33). The molecule has 8 heteroatoms.